The van der Waals surface area contributed by atoms with Crippen molar-refractivity contribution in [3.05, 3.63) is 38.9 Å². The predicted octanol–water partition coefficient (Wildman–Crippen LogP) is 3.60. The van der Waals surface area contributed by atoms with Crippen LogP contribution in [0.15, 0.2) is 28.1 Å². The van der Waals surface area contributed by atoms with Gasteiger partial charge in [0.05, 0.1) is 10.7 Å². The maximum absolute atomic E-state index is 13.6. The van der Waals surface area contributed by atoms with E-state index in [1.807, 2.05) is 12.3 Å². The fourth-order valence-electron chi connectivity index (χ4n) is 1.50. The van der Waals surface area contributed by atoms with Gasteiger partial charge in [0, 0.05) is 27.9 Å². The van der Waals surface area contributed by atoms with E-state index >= 15 is 0 Å². The van der Waals surface area contributed by atoms with Gasteiger partial charge in [-0.15, -0.1) is 11.3 Å². The summed E-state index contributed by atoms with van der Waals surface area (Å²) in [6.45, 7) is 1.93. The van der Waals surface area contributed by atoms with Crippen molar-refractivity contribution in [2.75, 3.05) is 0 Å². The third-order valence-corrected chi connectivity index (χ3v) is 3.62. The van der Waals surface area contributed by atoms with Gasteiger partial charge in [-0.05, 0) is 25.1 Å². The fraction of sp³-hybridized carbons (Fsp3) is 0.250. The number of nitrogens with two attached hydrogens (primary N) is 1. The maximum Gasteiger partial charge on any atom is 0.132 e. The van der Waals surface area contributed by atoms with Crippen LogP contribution < -0.4 is 5.73 Å². The summed E-state index contributed by atoms with van der Waals surface area (Å²) in [5.74, 6) is -0.258. The van der Waals surface area contributed by atoms with Crippen LogP contribution in [0, 0.1) is 5.82 Å². The topological polar surface area (TPSA) is 38.9 Å². The van der Waals surface area contributed by atoms with Crippen LogP contribution in [-0.4, -0.2) is 11.0 Å². The third kappa shape index (κ3) is 3.12. The molecule has 0 radical (unpaired) electrons. The van der Waals surface area contributed by atoms with E-state index in [0.717, 1.165) is 15.9 Å². The molecule has 2 N–H and O–H groups in total. The quantitative estimate of drug-likeness (QED) is 0.940. The van der Waals surface area contributed by atoms with Crippen LogP contribution in [0.2, 0.25) is 0 Å². The summed E-state index contributed by atoms with van der Waals surface area (Å²) in [5, 5.41) is 2.80. The second kappa shape index (κ2) is 5.25. The average Bonchev–Trinajstić information content (AvgIpc) is 2.69. The second-order valence-corrected chi connectivity index (χ2v) is 5.79. The Labute approximate surface area is 112 Å². The molecule has 0 bridgehead atoms. The van der Waals surface area contributed by atoms with E-state index in [1.54, 1.807) is 12.1 Å². The summed E-state index contributed by atoms with van der Waals surface area (Å²) in [7, 11) is 0. The number of hydrogen-bond donors (Lipinski definition) is 1. The van der Waals surface area contributed by atoms with Gasteiger partial charge in [0.15, 0.2) is 0 Å². The molecule has 0 saturated heterocycles. The van der Waals surface area contributed by atoms with Gasteiger partial charge in [0.2, 0.25) is 0 Å². The zero-order valence-corrected chi connectivity index (χ0v) is 11.7. The van der Waals surface area contributed by atoms with Crippen molar-refractivity contribution in [1.29, 1.82) is 0 Å². The summed E-state index contributed by atoms with van der Waals surface area (Å²) in [5.41, 5.74) is 6.90. The smallest absolute Gasteiger partial charge is 0.132 e. The Bertz CT molecular complexity index is 525. The summed E-state index contributed by atoms with van der Waals surface area (Å²) in [6, 6.07) is 4.92. The SMILES string of the molecule is CC(N)Cc1nc(-c2cc(Br)ccc2F)cs1. The Morgan fingerprint density at radius 1 is 1.53 bits per heavy atom. The van der Waals surface area contributed by atoms with E-state index in [0.29, 0.717) is 11.3 Å². The number of hydrogen-bond acceptors (Lipinski definition) is 3. The van der Waals surface area contributed by atoms with Crippen LogP contribution in [0.1, 0.15) is 11.9 Å². The van der Waals surface area contributed by atoms with Crippen molar-refractivity contribution in [3.63, 3.8) is 0 Å². The van der Waals surface area contributed by atoms with Gasteiger partial charge in [0.1, 0.15) is 5.82 Å². The van der Waals surface area contributed by atoms with E-state index in [2.05, 4.69) is 20.9 Å². The Morgan fingerprint density at radius 2 is 2.29 bits per heavy atom. The van der Waals surface area contributed by atoms with Gasteiger partial charge in [0.25, 0.3) is 0 Å². The van der Waals surface area contributed by atoms with Crippen LogP contribution in [0.3, 0.4) is 0 Å². The van der Waals surface area contributed by atoms with E-state index in [9.17, 15) is 4.39 Å². The van der Waals surface area contributed by atoms with Crippen LogP contribution >= 0.6 is 27.3 Å². The molecule has 0 amide bonds. The normalized spacial score (nSPS) is 12.7. The maximum atomic E-state index is 13.6. The minimum absolute atomic E-state index is 0.0707. The molecule has 90 valence electrons. The van der Waals surface area contributed by atoms with Crippen molar-refractivity contribution >= 4 is 27.3 Å². The average molecular weight is 315 g/mol. The van der Waals surface area contributed by atoms with Gasteiger partial charge < -0.3 is 5.73 Å². The molecule has 0 aliphatic heterocycles. The Kier molecular flexibility index (Phi) is 3.91. The van der Waals surface area contributed by atoms with Crippen molar-refractivity contribution < 1.29 is 4.39 Å². The molecular weight excluding hydrogens is 303 g/mol. The molecule has 0 aliphatic rings. The molecule has 1 aromatic heterocycles. The lowest BCUT2D eigenvalue weighted by Gasteiger charge is -2.01. The van der Waals surface area contributed by atoms with Crippen molar-refractivity contribution in [3.8, 4) is 11.3 Å². The zero-order chi connectivity index (χ0) is 12.4. The molecule has 1 unspecified atom stereocenters. The van der Waals surface area contributed by atoms with Gasteiger partial charge in [-0.25, -0.2) is 9.37 Å². The molecule has 2 aromatic rings. The molecule has 2 rings (SSSR count). The second-order valence-electron chi connectivity index (χ2n) is 3.93. The zero-order valence-electron chi connectivity index (χ0n) is 9.28. The molecule has 0 spiro atoms. The molecule has 2 nitrogen and oxygen atoms in total. The fourth-order valence-corrected chi connectivity index (χ4v) is 2.80. The highest BCUT2D eigenvalue weighted by molar-refractivity contribution is 9.10. The molecule has 17 heavy (non-hydrogen) atoms. The number of rotatable bonds is 3. The highest BCUT2D eigenvalue weighted by Crippen LogP contribution is 2.27. The largest absolute Gasteiger partial charge is 0.328 e. The number of halogens is 2. The molecule has 5 heteroatoms. The molecule has 1 heterocycles. The van der Waals surface area contributed by atoms with Crippen molar-refractivity contribution in [2.45, 2.75) is 19.4 Å². The predicted molar refractivity (Wildman–Crippen MR) is 72.6 cm³/mol. The molecule has 1 aromatic carbocycles. The van der Waals surface area contributed by atoms with Gasteiger partial charge in [-0.3, -0.25) is 0 Å². The lowest BCUT2D eigenvalue weighted by molar-refractivity contribution is 0.630. The third-order valence-electron chi connectivity index (χ3n) is 2.25. The number of nitrogens with zero attached hydrogens (tertiary/aromatic N) is 1. The first-order valence-corrected chi connectivity index (χ1v) is 6.89. The van der Waals surface area contributed by atoms with E-state index in [-0.39, 0.29) is 11.9 Å². The molecule has 0 aliphatic carbocycles. The van der Waals surface area contributed by atoms with Gasteiger partial charge in [-0.1, -0.05) is 15.9 Å². The minimum Gasteiger partial charge on any atom is -0.328 e. The monoisotopic (exact) mass is 314 g/mol. The van der Waals surface area contributed by atoms with Crippen LogP contribution in [-0.2, 0) is 6.42 Å². The van der Waals surface area contributed by atoms with E-state index < -0.39 is 0 Å². The number of aromatic nitrogens is 1. The van der Waals surface area contributed by atoms with Crippen LogP contribution in [0.5, 0.6) is 0 Å². The lowest BCUT2D eigenvalue weighted by atomic mass is 10.1. The van der Waals surface area contributed by atoms with Gasteiger partial charge >= 0.3 is 0 Å². The van der Waals surface area contributed by atoms with Crippen LogP contribution in [0.4, 0.5) is 4.39 Å². The first-order chi connectivity index (χ1) is 8.06. The molecule has 0 fully saturated rings. The highest BCUT2D eigenvalue weighted by atomic mass is 79.9. The van der Waals surface area contributed by atoms with Crippen LogP contribution in [0.25, 0.3) is 11.3 Å². The molecular formula is C12H12BrFN2S. The van der Waals surface area contributed by atoms with E-state index in [1.165, 1.54) is 17.4 Å². The highest BCUT2D eigenvalue weighted by Gasteiger charge is 2.10. The number of thiazole rings is 1. The molecule has 0 saturated carbocycles. The standard InChI is InChI=1S/C12H12BrFN2S/c1-7(15)4-12-16-11(6-17-12)9-5-8(13)2-3-10(9)14/h2-3,5-7H,4,15H2,1H3. The Hall–Kier alpha value is -0.780. The first kappa shape index (κ1) is 12.7. The van der Waals surface area contributed by atoms with Crippen molar-refractivity contribution in [2.24, 2.45) is 5.73 Å². The summed E-state index contributed by atoms with van der Waals surface area (Å²) in [4.78, 5) is 4.40. The van der Waals surface area contributed by atoms with Gasteiger partial charge in [-0.2, -0.15) is 0 Å². The summed E-state index contributed by atoms with van der Waals surface area (Å²) in [6.07, 6.45) is 0.723. The first-order valence-electron chi connectivity index (χ1n) is 5.21. The molecule has 1 atom stereocenters. The lowest BCUT2D eigenvalue weighted by Crippen LogP contribution is -2.17. The Balaban J connectivity index is 2.33. The number of benzene rings is 1. The van der Waals surface area contributed by atoms with Crippen molar-refractivity contribution in [1.82, 2.24) is 4.98 Å². The summed E-state index contributed by atoms with van der Waals surface area (Å²) >= 11 is 4.84. The van der Waals surface area contributed by atoms with E-state index in [4.69, 9.17) is 5.73 Å². The Morgan fingerprint density at radius 3 is 3.00 bits per heavy atom. The summed E-state index contributed by atoms with van der Waals surface area (Å²) < 4.78 is 14.5. The minimum atomic E-state index is -0.258.